The number of carbonyl (C=O) groups is 2. The third kappa shape index (κ3) is 7.56. The van der Waals surface area contributed by atoms with Crippen LogP contribution in [0, 0.1) is 21.4 Å². The zero-order chi connectivity index (χ0) is 31.7. The number of nitro groups is 1. The number of nitrogen functional groups attached to an aromatic ring is 1. The second kappa shape index (κ2) is 11.5. The van der Waals surface area contributed by atoms with E-state index >= 15 is 0 Å². The van der Waals surface area contributed by atoms with Crippen molar-refractivity contribution < 1.29 is 41.9 Å². The topological polar surface area (TPSA) is 176 Å². The van der Waals surface area contributed by atoms with Gasteiger partial charge in [-0.2, -0.15) is 23.5 Å². The summed E-state index contributed by atoms with van der Waals surface area (Å²) >= 11 is 0. The number of aromatic nitrogens is 2. The Morgan fingerprint density at radius 2 is 1.66 bits per heavy atom. The maximum Gasteiger partial charge on any atom is 0.420 e. The maximum atomic E-state index is 13.4. The van der Waals surface area contributed by atoms with Crippen molar-refractivity contribution in [3.05, 3.63) is 33.4 Å². The van der Waals surface area contributed by atoms with Crippen LogP contribution in [0.15, 0.2) is 12.1 Å². The lowest BCUT2D eigenvalue weighted by Gasteiger charge is -2.28. The third-order valence-corrected chi connectivity index (χ3v) is 5.31. The molecule has 0 spiro atoms. The fourth-order valence-electron chi connectivity index (χ4n) is 3.52. The number of imide groups is 1. The van der Waals surface area contributed by atoms with Crippen LogP contribution in [-0.4, -0.2) is 56.3 Å². The smallest absolute Gasteiger partial charge is 0.420 e. The van der Waals surface area contributed by atoms with Gasteiger partial charge in [0.25, 0.3) is 0 Å². The van der Waals surface area contributed by atoms with Crippen LogP contribution in [0.4, 0.5) is 34.3 Å². The van der Waals surface area contributed by atoms with Gasteiger partial charge in [0.1, 0.15) is 40.4 Å². The fourth-order valence-corrected chi connectivity index (χ4v) is 3.52. The highest BCUT2D eigenvalue weighted by molar-refractivity contribution is 5.88. The lowest BCUT2D eigenvalue weighted by Crippen LogP contribution is -2.43. The number of nitrogens with zero attached hydrogens (tertiary/aromatic N) is 5. The van der Waals surface area contributed by atoms with E-state index in [2.05, 4.69) is 5.10 Å². The van der Waals surface area contributed by atoms with E-state index in [1.54, 1.807) is 47.6 Å². The van der Waals surface area contributed by atoms with E-state index in [1.165, 1.54) is 6.07 Å². The Labute approximate surface area is 233 Å². The molecule has 1 atom stereocenters. The van der Waals surface area contributed by atoms with Gasteiger partial charge in [-0.05, 0) is 60.6 Å². The SMILES string of the molecule is COc1c(-c2nn(C(C)C(F)(F)F)c(N)c2C#N)ccc(CN(C(=O)OC(C)(C)C)C(=O)OC(C)(C)C)c1[N+](=O)[O-]. The first-order valence-corrected chi connectivity index (χ1v) is 12.1. The van der Waals surface area contributed by atoms with Crippen LogP contribution in [0.3, 0.4) is 0 Å². The summed E-state index contributed by atoms with van der Waals surface area (Å²) in [5, 5.41) is 25.7. The minimum absolute atomic E-state index is 0.220. The third-order valence-electron chi connectivity index (χ3n) is 5.31. The van der Waals surface area contributed by atoms with Gasteiger partial charge in [-0.3, -0.25) is 10.1 Å². The van der Waals surface area contributed by atoms with Gasteiger partial charge >= 0.3 is 24.1 Å². The van der Waals surface area contributed by atoms with Crippen LogP contribution in [0.1, 0.15) is 65.6 Å². The Morgan fingerprint density at radius 1 is 1.15 bits per heavy atom. The second-order valence-electron chi connectivity index (χ2n) is 10.8. The normalized spacial score (nSPS) is 12.7. The molecule has 0 radical (unpaired) electrons. The summed E-state index contributed by atoms with van der Waals surface area (Å²) in [5.74, 6) is -1.11. The largest absolute Gasteiger partial charge is 0.490 e. The van der Waals surface area contributed by atoms with E-state index < -0.39 is 75.6 Å². The molecule has 1 heterocycles. The van der Waals surface area contributed by atoms with E-state index in [-0.39, 0.29) is 11.1 Å². The molecule has 224 valence electrons. The second-order valence-corrected chi connectivity index (χ2v) is 10.8. The van der Waals surface area contributed by atoms with Gasteiger partial charge in [0.15, 0.2) is 0 Å². The van der Waals surface area contributed by atoms with Crippen molar-refractivity contribution in [1.29, 1.82) is 5.26 Å². The van der Waals surface area contributed by atoms with Crippen molar-refractivity contribution >= 4 is 23.7 Å². The van der Waals surface area contributed by atoms with Gasteiger partial charge in [-0.1, -0.05) is 0 Å². The minimum atomic E-state index is -4.77. The van der Waals surface area contributed by atoms with Crippen LogP contribution in [0.25, 0.3) is 11.3 Å². The quantitative estimate of drug-likeness (QED) is 0.326. The number of benzene rings is 1. The van der Waals surface area contributed by atoms with Crippen molar-refractivity contribution in [1.82, 2.24) is 14.7 Å². The summed E-state index contributed by atoms with van der Waals surface area (Å²) in [5.41, 5.74) is 1.67. The highest BCUT2D eigenvalue weighted by Crippen LogP contribution is 2.43. The first-order chi connectivity index (χ1) is 18.6. The summed E-state index contributed by atoms with van der Waals surface area (Å²) < 4.78 is 56.4. The lowest BCUT2D eigenvalue weighted by atomic mass is 10.0. The van der Waals surface area contributed by atoms with E-state index in [0.29, 0.717) is 9.58 Å². The number of ether oxygens (including phenoxy) is 3. The van der Waals surface area contributed by atoms with E-state index in [9.17, 15) is 38.1 Å². The number of amides is 2. The maximum absolute atomic E-state index is 13.4. The minimum Gasteiger partial charge on any atom is -0.490 e. The molecule has 0 aliphatic carbocycles. The standard InChI is InChI=1S/C25H31F3N6O7/c1-13(25(26,27)28)33-20(30)16(11-29)17(31-33)15-10-9-14(18(34(37)38)19(15)39-8)12-32(21(35)40-23(2,3)4)22(36)41-24(5,6)7/h9-10,13H,12,30H2,1-8H3. The molecule has 2 rings (SSSR count). The van der Waals surface area contributed by atoms with Crippen molar-refractivity contribution in [3.8, 4) is 23.1 Å². The Morgan fingerprint density at radius 3 is 2.05 bits per heavy atom. The van der Waals surface area contributed by atoms with Gasteiger partial charge in [0, 0.05) is 0 Å². The molecular formula is C25H31F3N6O7. The van der Waals surface area contributed by atoms with Gasteiger partial charge in [0.2, 0.25) is 5.75 Å². The molecule has 0 fully saturated rings. The molecule has 1 aromatic carbocycles. The zero-order valence-corrected chi connectivity index (χ0v) is 23.7. The summed E-state index contributed by atoms with van der Waals surface area (Å²) in [6.45, 7) is 9.38. The summed E-state index contributed by atoms with van der Waals surface area (Å²) in [6, 6.07) is 1.78. The number of hydrogen-bond donors (Lipinski definition) is 1. The molecule has 2 N–H and O–H groups in total. The number of nitriles is 1. The number of alkyl halides is 3. The molecule has 0 aliphatic heterocycles. The zero-order valence-electron chi connectivity index (χ0n) is 23.7. The van der Waals surface area contributed by atoms with Gasteiger partial charge in [-0.15, -0.1) is 0 Å². The van der Waals surface area contributed by atoms with Crippen molar-refractivity contribution in [3.63, 3.8) is 0 Å². The number of nitro benzene ring substituents is 1. The van der Waals surface area contributed by atoms with Crippen LogP contribution in [0.2, 0.25) is 0 Å². The van der Waals surface area contributed by atoms with Gasteiger partial charge < -0.3 is 19.9 Å². The van der Waals surface area contributed by atoms with Gasteiger partial charge in [0.05, 0.1) is 29.7 Å². The van der Waals surface area contributed by atoms with Crippen molar-refractivity contribution in [2.24, 2.45) is 0 Å². The molecule has 1 unspecified atom stereocenters. The Bertz CT molecular complexity index is 1360. The van der Waals surface area contributed by atoms with Gasteiger partial charge in [-0.25, -0.2) is 19.2 Å². The fraction of sp³-hybridized carbons (Fsp3) is 0.520. The van der Waals surface area contributed by atoms with Crippen molar-refractivity contribution in [2.45, 2.75) is 78.4 Å². The van der Waals surface area contributed by atoms with E-state index in [1.807, 2.05) is 0 Å². The average molecular weight is 585 g/mol. The summed E-state index contributed by atoms with van der Waals surface area (Å²) in [7, 11) is 1.06. The highest BCUT2D eigenvalue weighted by atomic mass is 19.4. The summed E-state index contributed by atoms with van der Waals surface area (Å²) in [6.07, 6.45) is -7.07. The first-order valence-electron chi connectivity index (χ1n) is 12.1. The molecule has 0 saturated carbocycles. The van der Waals surface area contributed by atoms with Crippen LogP contribution < -0.4 is 10.5 Å². The van der Waals surface area contributed by atoms with Crippen LogP contribution >= 0.6 is 0 Å². The number of carbonyl (C=O) groups excluding carboxylic acids is 2. The Balaban J connectivity index is 2.76. The predicted molar refractivity (Wildman–Crippen MR) is 139 cm³/mol. The Hall–Kier alpha value is -4.55. The summed E-state index contributed by atoms with van der Waals surface area (Å²) in [4.78, 5) is 37.8. The number of anilines is 1. The average Bonchev–Trinajstić information content (AvgIpc) is 3.13. The van der Waals surface area contributed by atoms with E-state index in [0.717, 1.165) is 20.1 Å². The number of nitrogens with two attached hydrogens (primary N) is 1. The molecule has 2 amide bonds. The Kier molecular flexibility index (Phi) is 9.17. The molecular weight excluding hydrogens is 553 g/mol. The molecule has 41 heavy (non-hydrogen) atoms. The van der Waals surface area contributed by atoms with Crippen LogP contribution in [-0.2, 0) is 16.0 Å². The number of hydrogen-bond acceptors (Lipinski definition) is 10. The number of methoxy groups -OCH3 is 1. The van der Waals surface area contributed by atoms with Crippen LogP contribution in [0.5, 0.6) is 5.75 Å². The monoisotopic (exact) mass is 584 g/mol. The molecule has 16 heteroatoms. The van der Waals surface area contributed by atoms with Crippen molar-refractivity contribution in [2.75, 3.05) is 12.8 Å². The number of halogens is 3. The molecule has 0 bridgehead atoms. The number of rotatable bonds is 6. The molecule has 0 saturated heterocycles. The molecule has 13 nitrogen and oxygen atoms in total. The van der Waals surface area contributed by atoms with E-state index in [4.69, 9.17) is 19.9 Å². The first kappa shape index (κ1) is 32.7. The highest BCUT2D eigenvalue weighted by Gasteiger charge is 2.41. The predicted octanol–water partition coefficient (Wildman–Crippen LogP) is 5.72. The lowest BCUT2D eigenvalue weighted by molar-refractivity contribution is -0.386. The molecule has 1 aromatic heterocycles. The molecule has 2 aromatic rings. The molecule has 0 aliphatic rings.